The highest BCUT2D eigenvalue weighted by atomic mass is 35.5. The maximum Gasteiger partial charge on any atom is 0.123 e. The van der Waals surface area contributed by atoms with E-state index in [1.165, 1.54) is 0 Å². The zero-order chi connectivity index (χ0) is 13.2. The molecule has 3 nitrogen and oxygen atoms in total. The number of nitrogens with one attached hydrogen (secondary N) is 2. The summed E-state index contributed by atoms with van der Waals surface area (Å²) in [6, 6.07) is 6.23. The smallest absolute Gasteiger partial charge is 0.123 e. The van der Waals surface area contributed by atoms with Crippen LogP contribution in [0.15, 0.2) is 18.2 Å². The van der Waals surface area contributed by atoms with E-state index in [2.05, 4.69) is 24.5 Å². The van der Waals surface area contributed by atoms with E-state index in [0.29, 0.717) is 6.04 Å². The molecule has 1 fully saturated rings. The molecule has 1 aromatic carbocycles. The molecule has 2 N–H and O–H groups in total. The van der Waals surface area contributed by atoms with Crippen molar-refractivity contribution in [2.24, 2.45) is 0 Å². The van der Waals surface area contributed by atoms with Crippen LogP contribution in [0.3, 0.4) is 0 Å². The normalized spacial score (nSPS) is 22.1. The first-order chi connectivity index (χ1) is 8.50. The molecule has 100 valence electrons. The Bertz CT molecular complexity index is 420. The minimum Gasteiger partial charge on any atom is -0.496 e. The van der Waals surface area contributed by atoms with Gasteiger partial charge in [0.1, 0.15) is 5.75 Å². The predicted octanol–water partition coefficient (Wildman–Crippen LogP) is 2.58. The summed E-state index contributed by atoms with van der Waals surface area (Å²) in [5, 5.41) is 7.80. The van der Waals surface area contributed by atoms with Crippen LogP contribution in [0.5, 0.6) is 5.75 Å². The summed E-state index contributed by atoms with van der Waals surface area (Å²) in [4.78, 5) is 0. The van der Waals surface area contributed by atoms with Crippen LogP contribution in [0, 0.1) is 0 Å². The van der Waals surface area contributed by atoms with Gasteiger partial charge in [0.25, 0.3) is 0 Å². The summed E-state index contributed by atoms with van der Waals surface area (Å²) in [6.07, 6.45) is 1.13. The van der Waals surface area contributed by atoms with Gasteiger partial charge in [0.2, 0.25) is 0 Å². The van der Waals surface area contributed by atoms with Crippen LogP contribution in [0.4, 0.5) is 0 Å². The molecule has 0 saturated carbocycles. The Morgan fingerprint density at radius 2 is 2.28 bits per heavy atom. The summed E-state index contributed by atoms with van der Waals surface area (Å²) in [7, 11) is 1.69. The zero-order valence-corrected chi connectivity index (χ0v) is 12.0. The number of ether oxygens (including phenoxy) is 1. The molecule has 1 heterocycles. The molecule has 0 bridgehead atoms. The van der Waals surface area contributed by atoms with Crippen molar-refractivity contribution in [3.63, 3.8) is 0 Å². The number of rotatable bonds is 4. The first-order valence-electron chi connectivity index (χ1n) is 6.31. The Labute approximate surface area is 114 Å². The zero-order valence-electron chi connectivity index (χ0n) is 11.2. The van der Waals surface area contributed by atoms with Crippen LogP contribution in [-0.4, -0.2) is 25.2 Å². The molecule has 0 aromatic heterocycles. The molecule has 0 amide bonds. The molecule has 1 aliphatic rings. The van der Waals surface area contributed by atoms with Crippen molar-refractivity contribution in [2.45, 2.75) is 38.4 Å². The fraction of sp³-hybridized carbons (Fsp3) is 0.571. The molecule has 1 atom stereocenters. The molecule has 0 aliphatic carbocycles. The van der Waals surface area contributed by atoms with E-state index in [4.69, 9.17) is 16.3 Å². The van der Waals surface area contributed by atoms with Crippen molar-refractivity contribution in [3.8, 4) is 5.75 Å². The van der Waals surface area contributed by atoms with Gasteiger partial charge in [-0.1, -0.05) is 11.6 Å². The standard InChI is InChI=1S/C14H21ClN2O/c1-14(2)7-12(9-17-14)16-8-10-6-11(15)4-5-13(10)18-3/h4-6,12,16-17H,7-9H2,1-3H3. The van der Waals surface area contributed by atoms with Gasteiger partial charge in [-0.25, -0.2) is 0 Å². The summed E-state index contributed by atoms with van der Waals surface area (Å²) in [5.41, 5.74) is 1.34. The van der Waals surface area contributed by atoms with Crippen molar-refractivity contribution >= 4 is 11.6 Å². The van der Waals surface area contributed by atoms with Crippen LogP contribution in [0.2, 0.25) is 5.02 Å². The molecule has 0 radical (unpaired) electrons. The van der Waals surface area contributed by atoms with E-state index in [1.807, 2.05) is 18.2 Å². The van der Waals surface area contributed by atoms with Crippen LogP contribution >= 0.6 is 11.6 Å². The highest BCUT2D eigenvalue weighted by Crippen LogP contribution is 2.23. The molecular weight excluding hydrogens is 248 g/mol. The number of benzene rings is 1. The van der Waals surface area contributed by atoms with Crippen molar-refractivity contribution < 1.29 is 4.74 Å². The van der Waals surface area contributed by atoms with E-state index in [9.17, 15) is 0 Å². The van der Waals surface area contributed by atoms with Crippen LogP contribution in [-0.2, 0) is 6.54 Å². The second-order valence-corrected chi connectivity index (χ2v) is 5.94. The predicted molar refractivity (Wildman–Crippen MR) is 75.3 cm³/mol. The Hall–Kier alpha value is -0.770. The minimum absolute atomic E-state index is 0.232. The summed E-state index contributed by atoms with van der Waals surface area (Å²) >= 11 is 6.02. The lowest BCUT2D eigenvalue weighted by Gasteiger charge is -2.18. The van der Waals surface area contributed by atoms with Gasteiger partial charge in [-0.2, -0.15) is 0 Å². The van der Waals surface area contributed by atoms with Gasteiger partial charge in [0.05, 0.1) is 7.11 Å². The molecule has 1 aliphatic heterocycles. The van der Waals surface area contributed by atoms with Crippen LogP contribution in [0.1, 0.15) is 25.8 Å². The molecule has 0 spiro atoms. The lowest BCUT2D eigenvalue weighted by molar-refractivity contribution is 0.404. The van der Waals surface area contributed by atoms with Crippen molar-refractivity contribution in [2.75, 3.05) is 13.7 Å². The first-order valence-corrected chi connectivity index (χ1v) is 6.69. The number of hydrogen-bond donors (Lipinski definition) is 2. The van der Waals surface area contributed by atoms with Crippen LogP contribution < -0.4 is 15.4 Å². The maximum absolute atomic E-state index is 6.02. The van der Waals surface area contributed by atoms with Gasteiger partial charge in [0, 0.05) is 35.3 Å². The highest BCUT2D eigenvalue weighted by molar-refractivity contribution is 6.30. The minimum atomic E-state index is 0.232. The highest BCUT2D eigenvalue weighted by Gasteiger charge is 2.29. The fourth-order valence-electron chi connectivity index (χ4n) is 2.44. The molecular formula is C14H21ClN2O. The quantitative estimate of drug-likeness (QED) is 0.881. The summed E-state index contributed by atoms with van der Waals surface area (Å²) in [6.45, 7) is 6.26. The number of methoxy groups -OCH3 is 1. The largest absolute Gasteiger partial charge is 0.496 e. The molecule has 1 saturated heterocycles. The lowest BCUT2D eigenvalue weighted by atomic mass is 10.0. The van der Waals surface area contributed by atoms with Crippen molar-refractivity contribution in [1.82, 2.24) is 10.6 Å². The number of hydrogen-bond acceptors (Lipinski definition) is 3. The average Bonchev–Trinajstić information content (AvgIpc) is 2.66. The lowest BCUT2D eigenvalue weighted by Crippen LogP contribution is -2.31. The van der Waals surface area contributed by atoms with Crippen molar-refractivity contribution in [3.05, 3.63) is 28.8 Å². The Morgan fingerprint density at radius 3 is 2.89 bits per heavy atom. The second kappa shape index (κ2) is 5.47. The molecule has 2 rings (SSSR count). The second-order valence-electron chi connectivity index (χ2n) is 5.50. The molecule has 1 unspecified atom stereocenters. The van der Waals surface area contributed by atoms with Gasteiger partial charge < -0.3 is 15.4 Å². The van der Waals surface area contributed by atoms with E-state index < -0.39 is 0 Å². The first kappa shape index (κ1) is 13.7. The fourth-order valence-corrected chi connectivity index (χ4v) is 2.64. The van der Waals surface area contributed by atoms with Crippen LogP contribution in [0.25, 0.3) is 0 Å². The molecule has 18 heavy (non-hydrogen) atoms. The van der Waals surface area contributed by atoms with E-state index in [-0.39, 0.29) is 5.54 Å². The topological polar surface area (TPSA) is 33.3 Å². The summed E-state index contributed by atoms with van der Waals surface area (Å²) < 4.78 is 5.34. The maximum atomic E-state index is 6.02. The summed E-state index contributed by atoms with van der Waals surface area (Å²) in [5.74, 6) is 0.886. The number of halogens is 1. The van der Waals surface area contributed by atoms with Gasteiger partial charge in [-0.3, -0.25) is 0 Å². The monoisotopic (exact) mass is 268 g/mol. The van der Waals surface area contributed by atoms with Gasteiger partial charge in [0.15, 0.2) is 0 Å². The van der Waals surface area contributed by atoms with E-state index in [1.54, 1.807) is 7.11 Å². The molecule has 1 aromatic rings. The Kier molecular flexibility index (Phi) is 4.15. The Balaban J connectivity index is 1.96. The van der Waals surface area contributed by atoms with E-state index in [0.717, 1.165) is 35.8 Å². The molecule has 4 heteroatoms. The third kappa shape index (κ3) is 3.37. The Morgan fingerprint density at radius 1 is 1.50 bits per heavy atom. The third-order valence-corrected chi connectivity index (χ3v) is 3.64. The SMILES string of the molecule is COc1ccc(Cl)cc1CNC1CNC(C)(C)C1. The third-order valence-electron chi connectivity index (χ3n) is 3.41. The van der Waals surface area contributed by atoms with Gasteiger partial charge >= 0.3 is 0 Å². The van der Waals surface area contributed by atoms with Gasteiger partial charge in [-0.05, 0) is 38.5 Å². The average molecular weight is 269 g/mol. The van der Waals surface area contributed by atoms with Gasteiger partial charge in [-0.15, -0.1) is 0 Å². The van der Waals surface area contributed by atoms with E-state index >= 15 is 0 Å². The van der Waals surface area contributed by atoms with Crippen molar-refractivity contribution in [1.29, 1.82) is 0 Å².